The third kappa shape index (κ3) is 2.89. The number of benzene rings is 1. The van der Waals surface area contributed by atoms with Crippen LogP contribution in [0.1, 0.15) is 51.5 Å². The molecule has 2 nitrogen and oxygen atoms in total. The van der Waals surface area contributed by atoms with E-state index in [1.54, 1.807) is 0 Å². The lowest BCUT2D eigenvalue weighted by atomic mass is 10.0. The van der Waals surface area contributed by atoms with Crippen molar-refractivity contribution in [3.05, 3.63) is 35.9 Å². The molecule has 108 valence electrons. The van der Waals surface area contributed by atoms with Gasteiger partial charge in [0, 0.05) is 18.0 Å². The first-order valence-electron chi connectivity index (χ1n) is 7.83. The molecule has 2 saturated carbocycles. The van der Waals surface area contributed by atoms with E-state index in [0.717, 1.165) is 19.4 Å². The molecule has 0 spiro atoms. The molecule has 20 heavy (non-hydrogen) atoms. The van der Waals surface area contributed by atoms with Crippen LogP contribution in [0.25, 0.3) is 0 Å². The molecule has 1 aromatic rings. The molecule has 2 atom stereocenters. The molecule has 0 N–H and O–H groups in total. The van der Waals surface area contributed by atoms with E-state index in [2.05, 4.69) is 56.0 Å². The van der Waals surface area contributed by atoms with Gasteiger partial charge in [0.1, 0.15) is 0 Å². The van der Waals surface area contributed by atoms with Crippen molar-refractivity contribution in [2.75, 3.05) is 6.54 Å². The molecule has 0 aliphatic heterocycles. The summed E-state index contributed by atoms with van der Waals surface area (Å²) in [6.07, 6.45) is 3.42. The lowest BCUT2D eigenvalue weighted by molar-refractivity contribution is -0.137. The zero-order valence-electron chi connectivity index (χ0n) is 12.8. The molecule has 0 saturated heterocycles. The Balaban J connectivity index is 1.65. The Morgan fingerprint density at radius 3 is 2.40 bits per heavy atom. The van der Waals surface area contributed by atoms with Gasteiger partial charge in [0.05, 0.1) is 0 Å². The van der Waals surface area contributed by atoms with E-state index in [1.807, 2.05) is 0 Å². The van der Waals surface area contributed by atoms with Crippen molar-refractivity contribution < 1.29 is 4.79 Å². The monoisotopic (exact) mass is 271 g/mol. The molecule has 1 unspecified atom stereocenters. The van der Waals surface area contributed by atoms with Gasteiger partial charge < -0.3 is 4.90 Å². The summed E-state index contributed by atoms with van der Waals surface area (Å²) in [4.78, 5) is 14.6. The van der Waals surface area contributed by atoms with Crippen LogP contribution in [-0.4, -0.2) is 22.9 Å². The lowest BCUT2D eigenvalue weighted by Crippen LogP contribution is -2.47. The lowest BCUT2D eigenvalue weighted by Gasteiger charge is -2.36. The van der Waals surface area contributed by atoms with E-state index in [9.17, 15) is 4.79 Å². The minimum Gasteiger partial charge on any atom is -0.337 e. The SMILES string of the molecule is CC(C)(C)N(C[C@H]1CC1c1ccccc1)C(=O)C1CC1. The molecule has 3 rings (SSSR count). The standard InChI is InChI=1S/C18H25NO/c1-18(2,3)19(17(20)14-9-10-14)12-15-11-16(15)13-7-5-4-6-8-13/h4-8,14-16H,9-12H2,1-3H3/t15-,16?/m1/s1. The van der Waals surface area contributed by atoms with Crippen LogP contribution in [0.15, 0.2) is 30.3 Å². The van der Waals surface area contributed by atoms with Crippen LogP contribution >= 0.6 is 0 Å². The Labute approximate surface area is 122 Å². The van der Waals surface area contributed by atoms with Crippen molar-refractivity contribution >= 4 is 5.91 Å². The van der Waals surface area contributed by atoms with E-state index in [0.29, 0.717) is 23.7 Å². The largest absolute Gasteiger partial charge is 0.337 e. The zero-order chi connectivity index (χ0) is 14.3. The predicted molar refractivity (Wildman–Crippen MR) is 81.5 cm³/mol. The van der Waals surface area contributed by atoms with Crippen LogP contribution < -0.4 is 0 Å². The average Bonchev–Trinajstić information content (AvgIpc) is 3.27. The molecular formula is C18H25NO. The van der Waals surface area contributed by atoms with E-state index in [1.165, 1.54) is 12.0 Å². The van der Waals surface area contributed by atoms with Crippen molar-refractivity contribution in [3.63, 3.8) is 0 Å². The van der Waals surface area contributed by atoms with Crippen LogP contribution in [0.4, 0.5) is 0 Å². The van der Waals surface area contributed by atoms with Gasteiger partial charge in [-0.05, 0) is 57.4 Å². The Morgan fingerprint density at radius 2 is 1.85 bits per heavy atom. The molecule has 2 aliphatic rings. The summed E-state index contributed by atoms with van der Waals surface area (Å²) in [6, 6.07) is 10.7. The molecular weight excluding hydrogens is 246 g/mol. The summed E-state index contributed by atoms with van der Waals surface area (Å²) in [7, 11) is 0. The quantitative estimate of drug-likeness (QED) is 0.815. The second-order valence-electron chi connectivity index (χ2n) is 7.41. The highest BCUT2D eigenvalue weighted by atomic mass is 16.2. The fraction of sp³-hybridized carbons (Fsp3) is 0.611. The Bertz CT molecular complexity index is 484. The fourth-order valence-electron chi connectivity index (χ4n) is 3.04. The van der Waals surface area contributed by atoms with E-state index in [-0.39, 0.29) is 5.54 Å². The number of hydrogen-bond donors (Lipinski definition) is 0. The van der Waals surface area contributed by atoms with Gasteiger partial charge in [-0.3, -0.25) is 4.79 Å². The Hall–Kier alpha value is -1.31. The second kappa shape index (κ2) is 4.91. The van der Waals surface area contributed by atoms with Crippen molar-refractivity contribution in [3.8, 4) is 0 Å². The highest BCUT2D eigenvalue weighted by Gasteiger charge is 2.44. The highest BCUT2D eigenvalue weighted by molar-refractivity contribution is 5.81. The molecule has 0 aromatic heterocycles. The maximum atomic E-state index is 12.5. The van der Waals surface area contributed by atoms with E-state index in [4.69, 9.17) is 0 Å². The number of hydrogen-bond acceptors (Lipinski definition) is 1. The summed E-state index contributed by atoms with van der Waals surface area (Å²) in [5.41, 5.74) is 1.38. The first-order valence-corrected chi connectivity index (χ1v) is 7.83. The summed E-state index contributed by atoms with van der Waals surface area (Å²) in [5.74, 6) is 2.02. The van der Waals surface area contributed by atoms with E-state index < -0.39 is 0 Å². The molecule has 1 amide bonds. The maximum Gasteiger partial charge on any atom is 0.226 e. The van der Waals surface area contributed by atoms with Crippen molar-refractivity contribution in [1.82, 2.24) is 4.90 Å². The molecule has 2 heteroatoms. The normalized spacial score (nSPS) is 25.4. The van der Waals surface area contributed by atoms with Gasteiger partial charge in [0.15, 0.2) is 0 Å². The molecule has 2 aliphatic carbocycles. The predicted octanol–water partition coefficient (Wildman–Crippen LogP) is 3.83. The first kappa shape index (κ1) is 13.7. The minimum atomic E-state index is -0.0521. The Kier molecular flexibility index (Phi) is 3.35. The van der Waals surface area contributed by atoms with Gasteiger partial charge in [0.2, 0.25) is 5.91 Å². The summed E-state index contributed by atoms with van der Waals surface area (Å²) in [6.45, 7) is 7.41. The number of nitrogens with zero attached hydrogens (tertiary/aromatic N) is 1. The van der Waals surface area contributed by atoms with Crippen LogP contribution in [0, 0.1) is 11.8 Å². The van der Waals surface area contributed by atoms with Gasteiger partial charge in [-0.1, -0.05) is 30.3 Å². The molecule has 0 bridgehead atoms. The van der Waals surface area contributed by atoms with Crippen LogP contribution in [0.2, 0.25) is 0 Å². The molecule has 0 heterocycles. The zero-order valence-corrected chi connectivity index (χ0v) is 12.8. The Morgan fingerprint density at radius 1 is 1.20 bits per heavy atom. The number of carbonyl (C=O) groups is 1. The number of carbonyl (C=O) groups excluding carboxylic acids is 1. The van der Waals surface area contributed by atoms with Crippen LogP contribution in [0.3, 0.4) is 0 Å². The summed E-state index contributed by atoms with van der Waals surface area (Å²) in [5, 5.41) is 0. The maximum absolute atomic E-state index is 12.5. The highest BCUT2D eigenvalue weighted by Crippen LogP contribution is 2.48. The second-order valence-corrected chi connectivity index (χ2v) is 7.41. The number of rotatable bonds is 4. The first-order chi connectivity index (χ1) is 9.47. The summed E-state index contributed by atoms with van der Waals surface area (Å²) >= 11 is 0. The minimum absolute atomic E-state index is 0.0521. The van der Waals surface area contributed by atoms with Crippen LogP contribution in [0.5, 0.6) is 0 Å². The average molecular weight is 271 g/mol. The smallest absolute Gasteiger partial charge is 0.226 e. The van der Waals surface area contributed by atoms with Crippen LogP contribution in [-0.2, 0) is 4.79 Å². The number of amides is 1. The van der Waals surface area contributed by atoms with Crippen molar-refractivity contribution in [2.45, 2.75) is 51.5 Å². The van der Waals surface area contributed by atoms with Gasteiger partial charge in [-0.25, -0.2) is 0 Å². The molecule has 1 aromatic carbocycles. The summed E-state index contributed by atoms with van der Waals surface area (Å²) < 4.78 is 0. The van der Waals surface area contributed by atoms with E-state index >= 15 is 0 Å². The third-order valence-electron chi connectivity index (χ3n) is 4.57. The van der Waals surface area contributed by atoms with Gasteiger partial charge in [0.25, 0.3) is 0 Å². The molecule has 0 radical (unpaired) electrons. The topological polar surface area (TPSA) is 20.3 Å². The van der Waals surface area contributed by atoms with Gasteiger partial charge in [-0.2, -0.15) is 0 Å². The molecule has 2 fully saturated rings. The van der Waals surface area contributed by atoms with Crippen molar-refractivity contribution in [1.29, 1.82) is 0 Å². The van der Waals surface area contributed by atoms with Gasteiger partial charge in [-0.15, -0.1) is 0 Å². The fourth-order valence-corrected chi connectivity index (χ4v) is 3.04. The van der Waals surface area contributed by atoms with Crippen molar-refractivity contribution in [2.24, 2.45) is 11.8 Å². The van der Waals surface area contributed by atoms with Gasteiger partial charge >= 0.3 is 0 Å². The third-order valence-corrected chi connectivity index (χ3v) is 4.57.